The highest BCUT2D eigenvalue weighted by Crippen LogP contribution is 2.28. The molecule has 0 aliphatic heterocycles. The fraction of sp³-hybridized carbons (Fsp3) is 0.0741. The molecular weight excluding hydrogens is 510 g/mol. The zero-order valence-electron chi connectivity index (χ0n) is 18.4. The van der Waals surface area contributed by atoms with Gasteiger partial charge in [0.1, 0.15) is 0 Å². The Balaban J connectivity index is 1.46. The first-order valence-corrected chi connectivity index (χ1v) is 11.9. The molecule has 0 spiro atoms. The molecule has 0 aliphatic carbocycles. The van der Waals surface area contributed by atoms with E-state index in [9.17, 15) is 9.59 Å². The maximum Gasteiger partial charge on any atom is 0.258 e. The molecule has 0 heterocycles. The van der Waals surface area contributed by atoms with Crippen LogP contribution in [-0.2, 0) is 0 Å². The predicted octanol–water partition coefficient (Wildman–Crippen LogP) is 6.40. The maximum absolute atomic E-state index is 13.3. The number of amides is 2. The second-order valence-electron chi connectivity index (χ2n) is 7.51. The van der Waals surface area contributed by atoms with Crippen LogP contribution in [0.1, 0.15) is 27.6 Å². The summed E-state index contributed by atoms with van der Waals surface area (Å²) in [4.78, 5) is 27.5. The standard InChI is InChI=1S/C27H22BrN3O2S/c1-2-31(24-13-7-9-18-8-3-4-10-21(18)24)26(33)19-14-16-20(17-15-19)29-27(34)30-25(32)22-11-5-6-12-23(22)28/h3-17H,2H2,1H3,(H2,29,30,32,34). The Hall–Kier alpha value is -3.55. The number of benzene rings is 4. The summed E-state index contributed by atoms with van der Waals surface area (Å²) in [6, 6.07) is 28.1. The van der Waals surface area contributed by atoms with Crippen molar-refractivity contribution in [2.75, 3.05) is 16.8 Å². The molecule has 4 aromatic carbocycles. The third kappa shape index (κ3) is 5.16. The normalized spacial score (nSPS) is 10.5. The smallest absolute Gasteiger partial charge is 0.258 e. The Labute approximate surface area is 211 Å². The fourth-order valence-corrected chi connectivity index (χ4v) is 4.37. The lowest BCUT2D eigenvalue weighted by molar-refractivity contribution is 0.0973. The van der Waals surface area contributed by atoms with Crippen molar-refractivity contribution >= 4 is 67.2 Å². The molecule has 170 valence electrons. The molecule has 0 saturated carbocycles. The minimum atomic E-state index is -0.314. The number of hydrogen-bond donors (Lipinski definition) is 2. The van der Waals surface area contributed by atoms with Crippen LogP contribution in [0.25, 0.3) is 10.8 Å². The van der Waals surface area contributed by atoms with E-state index in [0.29, 0.717) is 27.8 Å². The van der Waals surface area contributed by atoms with Crippen LogP contribution in [0.15, 0.2) is 95.5 Å². The number of rotatable bonds is 5. The van der Waals surface area contributed by atoms with Gasteiger partial charge in [0.2, 0.25) is 0 Å². The van der Waals surface area contributed by atoms with Crippen LogP contribution in [-0.4, -0.2) is 23.5 Å². The molecule has 7 heteroatoms. The Kier molecular flexibility index (Phi) is 7.35. The highest BCUT2D eigenvalue weighted by molar-refractivity contribution is 9.10. The lowest BCUT2D eigenvalue weighted by Crippen LogP contribution is -2.34. The molecule has 0 unspecified atom stereocenters. The summed E-state index contributed by atoms with van der Waals surface area (Å²) in [6.45, 7) is 2.50. The van der Waals surface area contributed by atoms with Gasteiger partial charge in [-0.05, 0) is 82.9 Å². The average molecular weight is 532 g/mol. The Morgan fingerprint density at radius 2 is 1.56 bits per heavy atom. The molecular formula is C27H22BrN3O2S. The van der Waals surface area contributed by atoms with E-state index in [1.54, 1.807) is 47.4 Å². The average Bonchev–Trinajstić information content (AvgIpc) is 2.85. The zero-order valence-corrected chi connectivity index (χ0v) is 20.8. The summed E-state index contributed by atoms with van der Waals surface area (Å²) >= 11 is 8.64. The van der Waals surface area contributed by atoms with Gasteiger partial charge in [0, 0.05) is 27.7 Å². The van der Waals surface area contributed by atoms with Gasteiger partial charge in [0.25, 0.3) is 11.8 Å². The molecule has 0 aromatic heterocycles. The molecule has 2 N–H and O–H groups in total. The highest BCUT2D eigenvalue weighted by atomic mass is 79.9. The molecule has 0 saturated heterocycles. The van der Waals surface area contributed by atoms with Crippen molar-refractivity contribution in [1.82, 2.24) is 5.32 Å². The lowest BCUT2D eigenvalue weighted by atomic mass is 10.1. The Morgan fingerprint density at radius 1 is 0.882 bits per heavy atom. The van der Waals surface area contributed by atoms with Gasteiger partial charge >= 0.3 is 0 Å². The van der Waals surface area contributed by atoms with E-state index in [0.717, 1.165) is 16.5 Å². The molecule has 0 atom stereocenters. The summed E-state index contributed by atoms with van der Waals surface area (Å²) in [5.41, 5.74) is 2.59. The second-order valence-corrected chi connectivity index (χ2v) is 8.78. The number of fused-ring (bicyclic) bond motifs is 1. The van der Waals surface area contributed by atoms with Crippen molar-refractivity contribution < 1.29 is 9.59 Å². The van der Waals surface area contributed by atoms with Crippen molar-refractivity contribution in [3.63, 3.8) is 0 Å². The number of nitrogens with zero attached hydrogens (tertiary/aromatic N) is 1. The number of carbonyl (C=O) groups is 2. The Morgan fingerprint density at radius 3 is 2.29 bits per heavy atom. The van der Waals surface area contributed by atoms with Gasteiger partial charge in [-0.25, -0.2) is 0 Å². The van der Waals surface area contributed by atoms with E-state index in [1.165, 1.54) is 0 Å². The first-order chi connectivity index (χ1) is 16.5. The Bertz CT molecular complexity index is 1370. The van der Waals surface area contributed by atoms with E-state index in [1.807, 2.05) is 55.5 Å². The van der Waals surface area contributed by atoms with E-state index in [2.05, 4.69) is 26.6 Å². The van der Waals surface area contributed by atoms with Crippen LogP contribution in [0.2, 0.25) is 0 Å². The second kappa shape index (κ2) is 10.6. The summed E-state index contributed by atoms with van der Waals surface area (Å²) in [6.07, 6.45) is 0. The van der Waals surface area contributed by atoms with Crippen LogP contribution >= 0.6 is 28.1 Å². The summed E-state index contributed by atoms with van der Waals surface area (Å²) in [5, 5.41) is 7.94. The minimum absolute atomic E-state index is 0.0878. The minimum Gasteiger partial charge on any atom is -0.332 e. The van der Waals surface area contributed by atoms with Crippen LogP contribution in [0.3, 0.4) is 0 Å². The monoisotopic (exact) mass is 531 g/mol. The third-order valence-electron chi connectivity index (χ3n) is 5.35. The molecule has 0 fully saturated rings. The number of carbonyl (C=O) groups excluding carboxylic acids is 2. The lowest BCUT2D eigenvalue weighted by Gasteiger charge is -2.23. The van der Waals surface area contributed by atoms with Gasteiger partial charge in [-0.15, -0.1) is 0 Å². The van der Waals surface area contributed by atoms with E-state index in [4.69, 9.17) is 12.2 Å². The first kappa shape index (κ1) is 23.6. The highest BCUT2D eigenvalue weighted by Gasteiger charge is 2.18. The number of anilines is 2. The topological polar surface area (TPSA) is 61.4 Å². The molecule has 0 radical (unpaired) electrons. The van der Waals surface area contributed by atoms with Gasteiger partial charge in [-0.2, -0.15) is 0 Å². The van der Waals surface area contributed by atoms with Gasteiger partial charge in [-0.3, -0.25) is 14.9 Å². The SMILES string of the molecule is CCN(C(=O)c1ccc(NC(=S)NC(=O)c2ccccc2Br)cc1)c1cccc2ccccc12. The summed E-state index contributed by atoms with van der Waals surface area (Å²) < 4.78 is 0.685. The van der Waals surface area contributed by atoms with Crippen LogP contribution < -0.4 is 15.5 Å². The summed E-state index contributed by atoms with van der Waals surface area (Å²) in [7, 11) is 0. The van der Waals surface area contributed by atoms with Gasteiger partial charge in [0.05, 0.1) is 11.3 Å². The van der Waals surface area contributed by atoms with Crippen LogP contribution in [0.5, 0.6) is 0 Å². The quantitative estimate of drug-likeness (QED) is 0.292. The van der Waals surface area contributed by atoms with Gasteiger partial charge in [0.15, 0.2) is 5.11 Å². The third-order valence-corrected chi connectivity index (χ3v) is 6.25. The van der Waals surface area contributed by atoms with Gasteiger partial charge < -0.3 is 10.2 Å². The van der Waals surface area contributed by atoms with E-state index >= 15 is 0 Å². The molecule has 5 nitrogen and oxygen atoms in total. The number of thiocarbonyl (C=S) groups is 1. The number of halogens is 1. The maximum atomic E-state index is 13.3. The number of hydrogen-bond acceptors (Lipinski definition) is 3. The molecule has 0 bridgehead atoms. The van der Waals surface area contributed by atoms with E-state index < -0.39 is 0 Å². The molecule has 4 rings (SSSR count). The van der Waals surface area contributed by atoms with Crippen molar-refractivity contribution in [2.45, 2.75) is 6.92 Å². The van der Waals surface area contributed by atoms with Crippen molar-refractivity contribution in [2.24, 2.45) is 0 Å². The molecule has 4 aromatic rings. The largest absolute Gasteiger partial charge is 0.332 e. The fourth-order valence-electron chi connectivity index (χ4n) is 3.70. The van der Waals surface area contributed by atoms with Crippen molar-refractivity contribution in [3.05, 3.63) is 107 Å². The van der Waals surface area contributed by atoms with Crippen LogP contribution in [0, 0.1) is 0 Å². The van der Waals surface area contributed by atoms with Crippen molar-refractivity contribution in [1.29, 1.82) is 0 Å². The van der Waals surface area contributed by atoms with Crippen LogP contribution in [0.4, 0.5) is 11.4 Å². The zero-order chi connectivity index (χ0) is 24.1. The molecule has 34 heavy (non-hydrogen) atoms. The number of nitrogens with one attached hydrogen (secondary N) is 2. The van der Waals surface area contributed by atoms with Crippen molar-refractivity contribution in [3.8, 4) is 0 Å². The molecule has 2 amide bonds. The predicted molar refractivity (Wildman–Crippen MR) is 146 cm³/mol. The first-order valence-electron chi connectivity index (χ1n) is 10.7. The summed E-state index contributed by atoms with van der Waals surface area (Å²) in [5.74, 6) is -0.402. The molecule has 0 aliphatic rings. The van der Waals surface area contributed by atoms with Gasteiger partial charge in [-0.1, -0.05) is 48.5 Å². The van der Waals surface area contributed by atoms with E-state index in [-0.39, 0.29) is 16.9 Å².